The smallest absolute Gasteiger partial charge is 0.404 e. The lowest BCUT2D eigenvalue weighted by Gasteiger charge is -2.06. The number of alkyl halides is 3. The molecule has 0 bridgehead atoms. The van der Waals surface area contributed by atoms with E-state index >= 15 is 0 Å². The first-order chi connectivity index (χ1) is 5.08. The highest BCUT2D eigenvalue weighted by Crippen LogP contribution is 2.20. The highest BCUT2D eigenvalue weighted by Gasteiger charge is 2.30. The van der Waals surface area contributed by atoms with Crippen molar-refractivity contribution >= 4 is 0 Å². The Morgan fingerprint density at radius 1 is 1.45 bits per heavy atom. The second kappa shape index (κ2) is 2.77. The Labute approximate surface area is 60.6 Å². The molecule has 1 rings (SSSR count). The first-order valence-corrected chi connectivity index (χ1v) is 2.65. The minimum atomic E-state index is -4.66. The molecule has 0 amide bonds. The van der Waals surface area contributed by atoms with Gasteiger partial charge in [0, 0.05) is 12.3 Å². The van der Waals surface area contributed by atoms with Gasteiger partial charge < -0.3 is 4.74 Å². The van der Waals surface area contributed by atoms with Gasteiger partial charge in [-0.2, -0.15) is 0 Å². The lowest BCUT2D eigenvalue weighted by molar-refractivity contribution is -0.274. The lowest BCUT2D eigenvalue weighted by atomic mass is 10.5. The molecule has 11 heavy (non-hydrogen) atoms. The summed E-state index contributed by atoms with van der Waals surface area (Å²) < 4.78 is 37.9. The van der Waals surface area contributed by atoms with Crippen molar-refractivity contribution in [1.29, 1.82) is 0 Å². The largest absolute Gasteiger partial charge is 0.573 e. The van der Waals surface area contributed by atoms with Gasteiger partial charge in [-0.15, -0.1) is 13.2 Å². The number of hydrogen-bond donors (Lipinski definition) is 0. The van der Waals surface area contributed by atoms with Crippen LogP contribution in [0.4, 0.5) is 13.2 Å². The first-order valence-electron chi connectivity index (χ1n) is 2.65. The van der Waals surface area contributed by atoms with Crippen molar-refractivity contribution in [3.63, 3.8) is 0 Å². The zero-order valence-electron chi connectivity index (χ0n) is 5.22. The molecule has 1 aromatic heterocycles. The average Bonchev–Trinajstić information content (AvgIpc) is 1.85. The summed E-state index contributed by atoms with van der Waals surface area (Å²) >= 11 is 0. The molecule has 0 unspecified atom stereocenters. The van der Waals surface area contributed by atoms with Gasteiger partial charge in [-0.05, 0) is 6.07 Å². The fourth-order valence-corrected chi connectivity index (χ4v) is 0.500. The molecule has 1 aromatic rings. The molecule has 0 atom stereocenters. The van der Waals surface area contributed by atoms with Gasteiger partial charge in [0.1, 0.15) is 5.75 Å². The normalized spacial score (nSPS) is 11.2. The molecular weight excluding hydrogens is 159 g/mol. The van der Waals surface area contributed by atoms with E-state index in [1.165, 1.54) is 6.20 Å². The third kappa shape index (κ3) is 2.88. The van der Waals surface area contributed by atoms with Crippen LogP contribution in [0.3, 0.4) is 0 Å². The molecule has 0 saturated carbocycles. The standard InChI is InChI=1S/C6H3F3NO/c7-6(8,9)11-5-2-1-3-10-4-5/h2-4H. The van der Waals surface area contributed by atoms with E-state index in [9.17, 15) is 13.2 Å². The number of aromatic nitrogens is 1. The number of rotatable bonds is 1. The van der Waals surface area contributed by atoms with Gasteiger partial charge in [0.15, 0.2) is 0 Å². The Hall–Kier alpha value is -1.26. The molecule has 0 fully saturated rings. The Kier molecular flexibility index (Phi) is 1.98. The van der Waals surface area contributed by atoms with E-state index in [1.54, 1.807) is 0 Å². The first kappa shape index (κ1) is 7.84. The van der Waals surface area contributed by atoms with Gasteiger partial charge >= 0.3 is 6.36 Å². The van der Waals surface area contributed by atoms with Crippen LogP contribution in [-0.4, -0.2) is 11.3 Å². The molecule has 1 radical (unpaired) electrons. The molecular formula is C6H3F3NO. The van der Waals surface area contributed by atoms with Crippen molar-refractivity contribution in [2.45, 2.75) is 6.36 Å². The molecule has 59 valence electrons. The van der Waals surface area contributed by atoms with E-state index in [4.69, 9.17) is 0 Å². The maximum atomic E-state index is 11.5. The third-order valence-corrected chi connectivity index (χ3v) is 0.810. The van der Waals surface area contributed by atoms with Gasteiger partial charge in [0.05, 0.1) is 6.20 Å². The molecule has 2 nitrogen and oxygen atoms in total. The predicted octanol–water partition coefficient (Wildman–Crippen LogP) is 1.78. The van der Waals surface area contributed by atoms with E-state index in [0.717, 1.165) is 12.3 Å². The maximum Gasteiger partial charge on any atom is 0.573 e. The zero-order chi connectivity index (χ0) is 8.32. The van der Waals surface area contributed by atoms with Crippen LogP contribution in [0.25, 0.3) is 0 Å². The van der Waals surface area contributed by atoms with Crippen molar-refractivity contribution < 1.29 is 17.9 Å². The van der Waals surface area contributed by atoms with Crippen molar-refractivity contribution in [2.75, 3.05) is 0 Å². The number of halogens is 3. The van der Waals surface area contributed by atoms with Crippen molar-refractivity contribution in [3.8, 4) is 5.75 Å². The fraction of sp³-hybridized carbons (Fsp3) is 0.167. The van der Waals surface area contributed by atoms with Gasteiger partial charge in [0.2, 0.25) is 0 Å². The summed E-state index contributed by atoms with van der Waals surface area (Å²) in [6.07, 6.45) is -2.45. The molecule has 0 aliphatic rings. The summed E-state index contributed by atoms with van der Waals surface area (Å²) in [7, 11) is 0. The van der Waals surface area contributed by atoms with Crippen LogP contribution in [0.5, 0.6) is 5.75 Å². The average molecular weight is 162 g/mol. The number of pyridine rings is 1. The second-order valence-electron chi connectivity index (χ2n) is 1.67. The van der Waals surface area contributed by atoms with E-state index < -0.39 is 6.36 Å². The summed E-state index contributed by atoms with van der Waals surface area (Å²) in [6, 6.07) is 3.40. The predicted molar refractivity (Wildman–Crippen MR) is 29.8 cm³/mol. The van der Waals surface area contributed by atoms with Crippen LogP contribution >= 0.6 is 0 Å². The molecule has 0 aliphatic heterocycles. The van der Waals surface area contributed by atoms with Crippen LogP contribution in [0.15, 0.2) is 18.5 Å². The number of hydrogen-bond acceptors (Lipinski definition) is 2. The monoisotopic (exact) mass is 162 g/mol. The number of ether oxygens (including phenoxy) is 1. The molecule has 5 heteroatoms. The zero-order valence-corrected chi connectivity index (χ0v) is 5.22. The summed E-state index contributed by atoms with van der Waals surface area (Å²) in [4.78, 5) is 3.39. The Morgan fingerprint density at radius 2 is 2.18 bits per heavy atom. The second-order valence-corrected chi connectivity index (χ2v) is 1.67. The van der Waals surface area contributed by atoms with Crippen LogP contribution in [-0.2, 0) is 0 Å². The van der Waals surface area contributed by atoms with Crippen LogP contribution in [0.1, 0.15) is 0 Å². The van der Waals surface area contributed by atoms with Crippen molar-refractivity contribution in [1.82, 2.24) is 4.98 Å². The van der Waals surface area contributed by atoms with Gasteiger partial charge in [-0.3, -0.25) is 4.98 Å². The minimum absolute atomic E-state index is 0.361. The topological polar surface area (TPSA) is 22.1 Å². The molecule has 1 heterocycles. The summed E-state index contributed by atoms with van der Waals surface area (Å²) in [5.41, 5.74) is 0. The molecule has 0 saturated heterocycles. The van der Waals surface area contributed by atoms with Crippen LogP contribution in [0.2, 0.25) is 0 Å². The van der Waals surface area contributed by atoms with Crippen LogP contribution in [0, 0.1) is 6.07 Å². The van der Waals surface area contributed by atoms with E-state index in [0.29, 0.717) is 0 Å². The van der Waals surface area contributed by atoms with Gasteiger partial charge in [0.25, 0.3) is 0 Å². The van der Waals surface area contributed by atoms with E-state index in [1.807, 2.05) is 0 Å². The Morgan fingerprint density at radius 3 is 2.64 bits per heavy atom. The van der Waals surface area contributed by atoms with E-state index in [-0.39, 0.29) is 5.75 Å². The number of nitrogens with zero attached hydrogens (tertiary/aromatic N) is 1. The minimum Gasteiger partial charge on any atom is -0.404 e. The molecule has 0 spiro atoms. The highest BCUT2D eigenvalue weighted by molar-refractivity contribution is 5.14. The summed E-state index contributed by atoms with van der Waals surface area (Å²) in [6.45, 7) is 0. The van der Waals surface area contributed by atoms with E-state index in [2.05, 4.69) is 15.8 Å². The van der Waals surface area contributed by atoms with Gasteiger partial charge in [-0.25, -0.2) is 0 Å². The Balaban J connectivity index is 2.66. The van der Waals surface area contributed by atoms with Gasteiger partial charge in [-0.1, -0.05) is 0 Å². The molecule has 0 aliphatic carbocycles. The maximum absolute atomic E-state index is 11.5. The van der Waals surface area contributed by atoms with Crippen molar-refractivity contribution in [2.24, 2.45) is 0 Å². The Bertz CT molecular complexity index is 221. The third-order valence-electron chi connectivity index (χ3n) is 0.810. The molecule has 0 N–H and O–H groups in total. The molecule has 0 aromatic carbocycles. The SMILES string of the molecule is FC(F)(F)Oc1c[c]cnc1. The summed E-state index contributed by atoms with van der Waals surface area (Å²) in [5.74, 6) is -0.361. The fourth-order valence-electron chi connectivity index (χ4n) is 0.500. The lowest BCUT2D eigenvalue weighted by Crippen LogP contribution is -2.17. The summed E-state index contributed by atoms with van der Waals surface area (Å²) in [5, 5.41) is 0. The van der Waals surface area contributed by atoms with Crippen molar-refractivity contribution in [3.05, 3.63) is 24.5 Å². The highest BCUT2D eigenvalue weighted by atomic mass is 19.4. The quantitative estimate of drug-likeness (QED) is 0.627. The van der Waals surface area contributed by atoms with Crippen LogP contribution < -0.4 is 4.74 Å².